The number of carboxylic acid groups (broad SMARTS) is 1. The van der Waals surface area contributed by atoms with E-state index in [1.807, 2.05) is 29.0 Å². The van der Waals surface area contributed by atoms with Crippen molar-refractivity contribution in [2.24, 2.45) is 5.92 Å². The molecule has 2 aromatic rings. The quantitative estimate of drug-likeness (QED) is 0.815. The fourth-order valence-corrected chi connectivity index (χ4v) is 3.07. The molecule has 1 aromatic heterocycles. The summed E-state index contributed by atoms with van der Waals surface area (Å²) in [5.41, 5.74) is 1.88. The van der Waals surface area contributed by atoms with Crippen LogP contribution in [-0.4, -0.2) is 35.6 Å². The molecule has 0 saturated carbocycles. The molecular formula is C17H19ClN2O3S. The average Bonchev–Trinajstić information content (AvgIpc) is 3.07. The molecule has 0 spiro atoms. The second-order valence-corrected chi connectivity index (χ2v) is 6.83. The molecule has 2 atom stereocenters. The minimum Gasteiger partial charge on any atom is -0.481 e. The van der Waals surface area contributed by atoms with E-state index in [4.69, 9.17) is 16.7 Å². The molecule has 1 aromatic carbocycles. The van der Waals surface area contributed by atoms with Crippen molar-refractivity contribution in [2.75, 3.05) is 13.6 Å². The molecule has 0 bridgehead atoms. The Labute approximate surface area is 149 Å². The molecule has 0 aliphatic carbocycles. The van der Waals surface area contributed by atoms with Gasteiger partial charge >= 0.3 is 12.0 Å². The summed E-state index contributed by atoms with van der Waals surface area (Å²) in [6.07, 6.45) is 0. The number of thiophene rings is 1. The maximum Gasteiger partial charge on any atom is 0.317 e. The molecule has 5 nitrogen and oxygen atoms in total. The number of amides is 2. The molecule has 2 amide bonds. The van der Waals surface area contributed by atoms with Gasteiger partial charge in [0.15, 0.2) is 0 Å². The van der Waals surface area contributed by atoms with E-state index in [1.165, 1.54) is 4.90 Å². The van der Waals surface area contributed by atoms with Crippen molar-refractivity contribution in [2.45, 2.75) is 13.0 Å². The standard InChI is InChI=1S/C17H19ClN2O3S/c1-11(16(21)22)9-20(2)17(23)19-15(13-7-8-24-10-13)12-3-5-14(18)6-4-12/h3-8,10-11,15H,9H2,1-2H3,(H,19,23)(H,21,22). The highest BCUT2D eigenvalue weighted by molar-refractivity contribution is 7.08. The van der Waals surface area contributed by atoms with Crippen LogP contribution in [0.25, 0.3) is 0 Å². The maximum absolute atomic E-state index is 12.4. The zero-order chi connectivity index (χ0) is 17.7. The summed E-state index contributed by atoms with van der Waals surface area (Å²) in [6.45, 7) is 1.71. The Morgan fingerprint density at radius 1 is 1.25 bits per heavy atom. The third kappa shape index (κ3) is 4.72. The number of hydrogen-bond acceptors (Lipinski definition) is 3. The van der Waals surface area contributed by atoms with Gasteiger partial charge in [-0.1, -0.05) is 30.7 Å². The fraction of sp³-hybridized carbons (Fsp3) is 0.294. The van der Waals surface area contributed by atoms with Crippen LogP contribution in [0.5, 0.6) is 0 Å². The molecule has 128 valence electrons. The van der Waals surface area contributed by atoms with Crippen molar-refractivity contribution < 1.29 is 14.7 Å². The zero-order valence-corrected chi connectivity index (χ0v) is 15.0. The van der Waals surface area contributed by atoms with Gasteiger partial charge in [-0.05, 0) is 40.1 Å². The van der Waals surface area contributed by atoms with E-state index in [0.29, 0.717) is 5.02 Å². The number of aliphatic carboxylic acids is 1. The first-order valence-corrected chi connectivity index (χ1v) is 8.72. The van der Waals surface area contributed by atoms with Crippen LogP contribution in [0.4, 0.5) is 4.79 Å². The molecule has 7 heteroatoms. The number of halogens is 1. The zero-order valence-electron chi connectivity index (χ0n) is 13.4. The molecule has 2 unspecified atom stereocenters. The minimum absolute atomic E-state index is 0.137. The summed E-state index contributed by atoms with van der Waals surface area (Å²) in [5.74, 6) is -1.56. The van der Waals surface area contributed by atoms with Crippen LogP contribution in [0.15, 0.2) is 41.1 Å². The van der Waals surface area contributed by atoms with Crippen molar-refractivity contribution in [1.29, 1.82) is 0 Å². The van der Waals surface area contributed by atoms with Gasteiger partial charge in [-0.2, -0.15) is 11.3 Å². The monoisotopic (exact) mass is 366 g/mol. The highest BCUT2D eigenvalue weighted by atomic mass is 35.5. The van der Waals surface area contributed by atoms with Gasteiger partial charge in [0, 0.05) is 18.6 Å². The van der Waals surface area contributed by atoms with E-state index >= 15 is 0 Å². The molecular weight excluding hydrogens is 348 g/mol. The first-order valence-electron chi connectivity index (χ1n) is 7.40. The van der Waals surface area contributed by atoms with Crippen LogP contribution < -0.4 is 5.32 Å². The van der Waals surface area contributed by atoms with Crippen LogP contribution >= 0.6 is 22.9 Å². The van der Waals surface area contributed by atoms with E-state index in [2.05, 4.69) is 5.32 Å². The van der Waals surface area contributed by atoms with Crippen LogP contribution in [0.3, 0.4) is 0 Å². The van der Waals surface area contributed by atoms with Crippen molar-refractivity contribution in [3.8, 4) is 0 Å². The molecule has 2 rings (SSSR count). The van der Waals surface area contributed by atoms with Gasteiger partial charge in [0.05, 0.1) is 12.0 Å². The Hall–Kier alpha value is -2.05. The van der Waals surface area contributed by atoms with Crippen LogP contribution in [-0.2, 0) is 4.79 Å². The molecule has 2 N–H and O–H groups in total. The summed E-state index contributed by atoms with van der Waals surface area (Å²) < 4.78 is 0. The minimum atomic E-state index is -0.929. The van der Waals surface area contributed by atoms with Gasteiger partial charge in [0.25, 0.3) is 0 Å². The molecule has 0 radical (unpaired) electrons. The van der Waals surface area contributed by atoms with E-state index < -0.39 is 11.9 Å². The van der Waals surface area contributed by atoms with Gasteiger partial charge < -0.3 is 15.3 Å². The first kappa shape index (κ1) is 18.3. The number of benzene rings is 1. The normalized spacial score (nSPS) is 13.1. The third-order valence-electron chi connectivity index (χ3n) is 3.66. The topological polar surface area (TPSA) is 69.6 Å². The molecule has 0 saturated heterocycles. The summed E-state index contributed by atoms with van der Waals surface area (Å²) in [6, 6.07) is 8.59. The Morgan fingerprint density at radius 3 is 2.46 bits per heavy atom. The number of hydrogen-bond donors (Lipinski definition) is 2. The Kier molecular flexibility index (Phi) is 6.23. The lowest BCUT2D eigenvalue weighted by molar-refractivity contribution is -0.141. The van der Waals surface area contributed by atoms with Gasteiger partial charge in [-0.3, -0.25) is 4.79 Å². The SMILES string of the molecule is CC(CN(C)C(=O)NC(c1ccc(Cl)cc1)c1ccsc1)C(=O)O. The molecule has 0 aliphatic heterocycles. The highest BCUT2D eigenvalue weighted by Crippen LogP contribution is 2.25. The third-order valence-corrected chi connectivity index (χ3v) is 4.62. The number of carboxylic acids is 1. The van der Waals surface area contributed by atoms with Crippen LogP contribution in [0.2, 0.25) is 5.02 Å². The first-order chi connectivity index (χ1) is 11.4. The number of nitrogens with zero attached hydrogens (tertiary/aromatic N) is 1. The smallest absolute Gasteiger partial charge is 0.317 e. The fourth-order valence-electron chi connectivity index (χ4n) is 2.26. The van der Waals surface area contributed by atoms with Gasteiger partial charge in [0.2, 0.25) is 0 Å². The van der Waals surface area contributed by atoms with E-state index in [0.717, 1.165) is 11.1 Å². The second kappa shape index (κ2) is 8.17. The number of nitrogens with one attached hydrogen (secondary N) is 1. The largest absolute Gasteiger partial charge is 0.481 e. The predicted octanol–water partition coefficient (Wildman–Crippen LogP) is 3.85. The number of rotatable bonds is 6. The lowest BCUT2D eigenvalue weighted by Crippen LogP contribution is -2.42. The lowest BCUT2D eigenvalue weighted by atomic mass is 10.0. The Morgan fingerprint density at radius 2 is 1.92 bits per heavy atom. The summed E-state index contributed by atoms with van der Waals surface area (Å²) >= 11 is 7.48. The van der Waals surface area contributed by atoms with Crippen LogP contribution in [0, 0.1) is 5.92 Å². The predicted molar refractivity (Wildman–Crippen MR) is 95.6 cm³/mol. The van der Waals surface area contributed by atoms with Crippen molar-refractivity contribution in [3.63, 3.8) is 0 Å². The number of urea groups is 1. The van der Waals surface area contributed by atoms with Crippen molar-refractivity contribution in [3.05, 3.63) is 57.2 Å². The van der Waals surface area contributed by atoms with Gasteiger partial charge in [0.1, 0.15) is 0 Å². The molecule has 0 aliphatic rings. The summed E-state index contributed by atoms with van der Waals surface area (Å²) in [4.78, 5) is 24.8. The van der Waals surface area contributed by atoms with E-state index in [1.54, 1.807) is 37.4 Å². The summed E-state index contributed by atoms with van der Waals surface area (Å²) in [5, 5.41) is 16.5. The highest BCUT2D eigenvalue weighted by Gasteiger charge is 2.22. The number of carbonyl (C=O) groups excluding carboxylic acids is 1. The molecule has 0 fully saturated rings. The average molecular weight is 367 g/mol. The lowest BCUT2D eigenvalue weighted by Gasteiger charge is -2.25. The maximum atomic E-state index is 12.4. The van der Waals surface area contributed by atoms with Crippen molar-refractivity contribution in [1.82, 2.24) is 10.2 Å². The molecule has 1 heterocycles. The van der Waals surface area contributed by atoms with Gasteiger partial charge in [-0.15, -0.1) is 0 Å². The van der Waals surface area contributed by atoms with Crippen LogP contribution in [0.1, 0.15) is 24.1 Å². The van der Waals surface area contributed by atoms with Crippen molar-refractivity contribution >= 4 is 34.9 Å². The van der Waals surface area contributed by atoms with E-state index in [-0.39, 0.29) is 18.6 Å². The van der Waals surface area contributed by atoms with E-state index in [9.17, 15) is 9.59 Å². The van der Waals surface area contributed by atoms with Gasteiger partial charge in [-0.25, -0.2) is 4.79 Å². The Balaban J connectivity index is 2.15. The Bertz CT molecular complexity index is 688. The molecule has 24 heavy (non-hydrogen) atoms. The summed E-state index contributed by atoms with van der Waals surface area (Å²) in [7, 11) is 1.58. The second-order valence-electron chi connectivity index (χ2n) is 5.61. The number of carbonyl (C=O) groups is 2.